The first-order chi connectivity index (χ1) is 11.9. The third-order valence-corrected chi connectivity index (χ3v) is 5.96. The molecule has 2 aliphatic rings. The number of phenolic OH excluding ortho intramolecular Hbond substituents is 1. The van der Waals surface area contributed by atoms with Crippen LogP contribution in [0.3, 0.4) is 0 Å². The second-order valence-corrected chi connectivity index (χ2v) is 7.50. The number of carboxylic acid groups (broad SMARTS) is 1. The second kappa shape index (κ2) is 7.23. The Hall–Kier alpha value is -1.77. The van der Waals surface area contributed by atoms with Crippen LogP contribution in [0.25, 0.3) is 0 Å². The van der Waals surface area contributed by atoms with Gasteiger partial charge in [0, 0.05) is 55.8 Å². The topological polar surface area (TPSA) is 96.6 Å². The molecule has 0 spiro atoms. The first-order valence-electron chi connectivity index (χ1n) is 8.30. The maximum Gasteiger partial charge on any atom is 0.332 e. The molecule has 136 valence electrons. The summed E-state index contributed by atoms with van der Waals surface area (Å²) in [7, 11) is 0. The number of aliphatic hydroxyl groups is 1. The fourth-order valence-electron chi connectivity index (χ4n) is 3.01. The number of carboxylic acids is 1. The van der Waals surface area contributed by atoms with Crippen molar-refractivity contribution >= 4 is 28.5 Å². The highest BCUT2D eigenvalue weighted by molar-refractivity contribution is 8.14. The Labute approximate surface area is 151 Å². The summed E-state index contributed by atoms with van der Waals surface area (Å²) in [6, 6.07) is 5.47. The van der Waals surface area contributed by atoms with Gasteiger partial charge in [0.1, 0.15) is 10.8 Å². The first kappa shape index (κ1) is 18.0. The third-order valence-electron chi connectivity index (χ3n) is 4.66. The molecule has 3 rings (SSSR count). The molecule has 0 radical (unpaired) electrons. The molecule has 0 aromatic heterocycles. The van der Waals surface area contributed by atoms with Gasteiger partial charge in [0.05, 0.1) is 6.61 Å². The molecule has 0 saturated carbocycles. The van der Waals surface area contributed by atoms with Gasteiger partial charge in [0.25, 0.3) is 0 Å². The van der Waals surface area contributed by atoms with Gasteiger partial charge in [-0.05, 0) is 19.1 Å². The lowest BCUT2D eigenvalue weighted by atomic mass is 10.1. The van der Waals surface area contributed by atoms with Gasteiger partial charge in [-0.25, -0.2) is 4.79 Å². The van der Waals surface area contributed by atoms with Gasteiger partial charge in [0.15, 0.2) is 5.54 Å². The summed E-state index contributed by atoms with van der Waals surface area (Å²) < 4.78 is 0. The maximum atomic E-state index is 11.3. The molecule has 0 bridgehead atoms. The SMILES string of the molecule is CC1(C(=O)O)CSC(c2ccc(N3CCN(CCO)CC3)cc2O)=N1. The maximum absolute atomic E-state index is 11.3. The van der Waals surface area contributed by atoms with Gasteiger partial charge in [-0.2, -0.15) is 0 Å². The van der Waals surface area contributed by atoms with E-state index in [1.807, 2.05) is 12.1 Å². The number of benzene rings is 1. The highest BCUT2D eigenvalue weighted by atomic mass is 32.2. The van der Waals surface area contributed by atoms with Crippen LogP contribution in [0.5, 0.6) is 5.75 Å². The standard InChI is InChI=1S/C17H23N3O4S/c1-17(16(23)24)11-25-15(18-17)13-3-2-12(10-14(13)22)20-6-4-19(5-7-20)8-9-21/h2-3,10,21-22H,4-9,11H2,1H3,(H,23,24). The molecular formula is C17H23N3O4S. The van der Waals surface area contributed by atoms with Crippen molar-refractivity contribution in [3.05, 3.63) is 23.8 Å². The number of aliphatic imine (C=N–C) groups is 1. The predicted octanol–water partition coefficient (Wildman–Crippen LogP) is 0.843. The van der Waals surface area contributed by atoms with E-state index < -0.39 is 11.5 Å². The van der Waals surface area contributed by atoms with E-state index in [0.717, 1.165) is 31.9 Å². The van der Waals surface area contributed by atoms with Crippen LogP contribution in [-0.4, -0.2) is 81.9 Å². The summed E-state index contributed by atoms with van der Waals surface area (Å²) in [5, 5.41) is 29.3. The lowest BCUT2D eigenvalue weighted by molar-refractivity contribution is -0.141. The number of carbonyl (C=O) groups is 1. The highest BCUT2D eigenvalue weighted by Crippen LogP contribution is 2.35. The van der Waals surface area contributed by atoms with Gasteiger partial charge < -0.3 is 20.2 Å². The van der Waals surface area contributed by atoms with E-state index >= 15 is 0 Å². The Kier molecular flexibility index (Phi) is 5.21. The number of hydrogen-bond acceptors (Lipinski definition) is 7. The Morgan fingerprint density at radius 3 is 2.60 bits per heavy atom. The Bertz CT molecular complexity index is 688. The smallest absolute Gasteiger partial charge is 0.332 e. The van der Waals surface area contributed by atoms with E-state index in [0.29, 0.717) is 22.9 Å². The second-order valence-electron chi connectivity index (χ2n) is 6.54. The van der Waals surface area contributed by atoms with Crippen LogP contribution < -0.4 is 4.90 Å². The summed E-state index contributed by atoms with van der Waals surface area (Å²) in [6.45, 7) is 5.89. The van der Waals surface area contributed by atoms with E-state index in [1.165, 1.54) is 11.8 Å². The normalized spacial score (nSPS) is 24.4. The van der Waals surface area contributed by atoms with Gasteiger partial charge >= 0.3 is 5.97 Å². The lowest BCUT2D eigenvalue weighted by Crippen LogP contribution is -2.47. The van der Waals surface area contributed by atoms with Crippen LogP contribution in [0.2, 0.25) is 0 Å². The first-order valence-corrected chi connectivity index (χ1v) is 9.29. The number of thioether (sulfide) groups is 1. The molecule has 0 amide bonds. The molecule has 0 aliphatic carbocycles. The van der Waals surface area contributed by atoms with Crippen molar-refractivity contribution in [3.63, 3.8) is 0 Å². The Balaban J connectivity index is 1.73. The molecule has 1 unspecified atom stereocenters. The number of piperazine rings is 1. The average molecular weight is 365 g/mol. The minimum absolute atomic E-state index is 0.121. The van der Waals surface area contributed by atoms with Crippen molar-refractivity contribution in [3.8, 4) is 5.75 Å². The van der Waals surface area contributed by atoms with Crippen LogP contribution in [0.4, 0.5) is 5.69 Å². The van der Waals surface area contributed by atoms with Crippen molar-refractivity contribution in [2.45, 2.75) is 12.5 Å². The number of anilines is 1. The van der Waals surface area contributed by atoms with Crippen molar-refractivity contribution in [2.75, 3.05) is 50.0 Å². The van der Waals surface area contributed by atoms with Crippen LogP contribution in [0, 0.1) is 0 Å². The lowest BCUT2D eigenvalue weighted by Gasteiger charge is -2.35. The van der Waals surface area contributed by atoms with Gasteiger partial charge in [0.2, 0.25) is 0 Å². The molecule has 1 saturated heterocycles. The Morgan fingerprint density at radius 1 is 1.32 bits per heavy atom. The number of aliphatic hydroxyl groups excluding tert-OH is 1. The van der Waals surface area contributed by atoms with Gasteiger partial charge in [-0.3, -0.25) is 9.89 Å². The van der Waals surface area contributed by atoms with Crippen LogP contribution in [0.1, 0.15) is 12.5 Å². The fraction of sp³-hybridized carbons (Fsp3) is 0.529. The molecular weight excluding hydrogens is 342 g/mol. The zero-order chi connectivity index (χ0) is 18.0. The van der Waals surface area contributed by atoms with Gasteiger partial charge in [-0.1, -0.05) is 0 Å². The largest absolute Gasteiger partial charge is 0.507 e. The molecule has 7 nitrogen and oxygen atoms in total. The average Bonchev–Trinajstić information content (AvgIpc) is 2.99. The van der Waals surface area contributed by atoms with Crippen molar-refractivity contribution in [2.24, 2.45) is 4.99 Å². The number of hydrogen-bond donors (Lipinski definition) is 3. The number of aromatic hydroxyl groups is 1. The van der Waals surface area contributed by atoms with E-state index in [4.69, 9.17) is 5.11 Å². The number of nitrogens with zero attached hydrogens (tertiary/aromatic N) is 3. The number of aliphatic carboxylic acids is 1. The van der Waals surface area contributed by atoms with E-state index in [9.17, 15) is 15.0 Å². The van der Waals surface area contributed by atoms with Crippen LogP contribution in [0.15, 0.2) is 23.2 Å². The molecule has 1 fully saturated rings. The van der Waals surface area contributed by atoms with Crippen molar-refractivity contribution in [1.29, 1.82) is 0 Å². The Morgan fingerprint density at radius 2 is 2.04 bits per heavy atom. The summed E-state index contributed by atoms with van der Waals surface area (Å²) in [6.07, 6.45) is 0. The van der Waals surface area contributed by atoms with Crippen LogP contribution >= 0.6 is 11.8 Å². The van der Waals surface area contributed by atoms with Crippen molar-refractivity contribution in [1.82, 2.24) is 4.90 Å². The zero-order valence-corrected chi connectivity index (χ0v) is 15.0. The molecule has 1 aromatic rings. The van der Waals surface area contributed by atoms with Crippen molar-refractivity contribution < 1.29 is 20.1 Å². The molecule has 25 heavy (non-hydrogen) atoms. The molecule has 2 heterocycles. The molecule has 1 aromatic carbocycles. The molecule has 3 N–H and O–H groups in total. The predicted molar refractivity (Wildman–Crippen MR) is 98.9 cm³/mol. The number of β-amino-alcohol motifs (C(OH)–C–C–N with tert-alkyl or cyclic N) is 1. The van der Waals surface area contributed by atoms with E-state index in [-0.39, 0.29) is 12.4 Å². The number of rotatable bonds is 5. The molecule has 1 atom stereocenters. The fourth-order valence-corrected chi connectivity index (χ4v) is 4.21. The summed E-state index contributed by atoms with van der Waals surface area (Å²) in [5.41, 5.74) is 0.390. The van der Waals surface area contributed by atoms with Crippen LogP contribution in [-0.2, 0) is 4.79 Å². The quantitative estimate of drug-likeness (QED) is 0.711. The van der Waals surface area contributed by atoms with Gasteiger partial charge in [-0.15, -0.1) is 11.8 Å². The number of phenols is 1. The summed E-state index contributed by atoms with van der Waals surface area (Å²) in [4.78, 5) is 20.0. The minimum Gasteiger partial charge on any atom is -0.507 e. The monoisotopic (exact) mass is 365 g/mol. The minimum atomic E-state index is -1.13. The summed E-state index contributed by atoms with van der Waals surface area (Å²) in [5.74, 6) is -0.464. The zero-order valence-electron chi connectivity index (χ0n) is 14.2. The molecule has 2 aliphatic heterocycles. The summed E-state index contributed by atoms with van der Waals surface area (Å²) >= 11 is 1.36. The van der Waals surface area contributed by atoms with E-state index in [2.05, 4.69) is 14.8 Å². The third kappa shape index (κ3) is 3.75. The highest BCUT2D eigenvalue weighted by Gasteiger charge is 2.39. The van der Waals surface area contributed by atoms with E-state index in [1.54, 1.807) is 13.0 Å². The molecule has 8 heteroatoms.